The van der Waals surface area contributed by atoms with Crippen LogP contribution in [0.25, 0.3) is 0 Å². The monoisotopic (exact) mass is 452 g/mol. The van der Waals surface area contributed by atoms with Crippen molar-refractivity contribution >= 4 is 17.7 Å². The van der Waals surface area contributed by atoms with Gasteiger partial charge >= 0.3 is 5.97 Å². The molecule has 172 valence electrons. The lowest BCUT2D eigenvalue weighted by Gasteiger charge is -2.16. The standard InChI is InChI=1S/C25H25FN2O5/c1-4-31-25(30)18-7-12-23(27-14-18)28-24(29)21-13-20(10-11-22(21)33-16(2)3)32-15-17-5-8-19(26)9-6-17/h5-14,16H,4,15H2,1-3H3,(H,27,28,29). The first-order valence-electron chi connectivity index (χ1n) is 10.5. The molecule has 0 fully saturated rings. The van der Waals surface area contributed by atoms with Crippen LogP contribution >= 0.6 is 0 Å². The molecule has 1 heterocycles. The van der Waals surface area contributed by atoms with Gasteiger partial charge in [0.05, 0.1) is 23.8 Å². The average molecular weight is 452 g/mol. The van der Waals surface area contributed by atoms with Gasteiger partial charge in [-0.3, -0.25) is 4.79 Å². The summed E-state index contributed by atoms with van der Waals surface area (Å²) in [5.41, 5.74) is 1.34. The van der Waals surface area contributed by atoms with E-state index in [9.17, 15) is 14.0 Å². The molecule has 0 aliphatic carbocycles. The third-order valence-corrected chi connectivity index (χ3v) is 4.39. The minimum atomic E-state index is -0.485. The second kappa shape index (κ2) is 11.1. The molecule has 0 bridgehead atoms. The van der Waals surface area contributed by atoms with E-state index in [1.807, 2.05) is 13.8 Å². The Balaban J connectivity index is 1.76. The highest BCUT2D eigenvalue weighted by Crippen LogP contribution is 2.27. The van der Waals surface area contributed by atoms with Gasteiger partial charge in [0.1, 0.15) is 29.7 Å². The third kappa shape index (κ3) is 6.77. The van der Waals surface area contributed by atoms with E-state index in [1.54, 1.807) is 37.3 Å². The zero-order valence-electron chi connectivity index (χ0n) is 18.6. The fraction of sp³-hybridized carbons (Fsp3) is 0.240. The number of hydrogen-bond acceptors (Lipinski definition) is 6. The van der Waals surface area contributed by atoms with Gasteiger partial charge in [0.25, 0.3) is 5.91 Å². The fourth-order valence-corrected chi connectivity index (χ4v) is 2.87. The van der Waals surface area contributed by atoms with Crippen molar-refractivity contribution < 1.29 is 28.2 Å². The van der Waals surface area contributed by atoms with Crippen LogP contribution in [-0.4, -0.2) is 29.6 Å². The van der Waals surface area contributed by atoms with E-state index in [2.05, 4.69) is 10.3 Å². The summed E-state index contributed by atoms with van der Waals surface area (Å²) < 4.78 is 29.6. The number of esters is 1. The zero-order chi connectivity index (χ0) is 23.8. The van der Waals surface area contributed by atoms with Crippen molar-refractivity contribution in [2.24, 2.45) is 0 Å². The molecule has 0 aliphatic rings. The lowest BCUT2D eigenvalue weighted by atomic mass is 10.1. The van der Waals surface area contributed by atoms with E-state index in [-0.39, 0.29) is 42.1 Å². The van der Waals surface area contributed by atoms with Crippen LogP contribution < -0.4 is 14.8 Å². The molecule has 8 heteroatoms. The first-order valence-corrected chi connectivity index (χ1v) is 10.5. The Morgan fingerprint density at radius 1 is 1.06 bits per heavy atom. The maximum Gasteiger partial charge on any atom is 0.339 e. The molecule has 0 atom stereocenters. The number of amides is 1. The normalized spacial score (nSPS) is 10.6. The van der Waals surface area contributed by atoms with E-state index < -0.39 is 11.9 Å². The van der Waals surface area contributed by atoms with Gasteiger partial charge in [0, 0.05) is 6.20 Å². The van der Waals surface area contributed by atoms with Crippen LogP contribution in [0.15, 0.2) is 60.8 Å². The summed E-state index contributed by atoms with van der Waals surface area (Å²) in [5, 5.41) is 2.70. The predicted molar refractivity (Wildman–Crippen MR) is 121 cm³/mol. The summed E-state index contributed by atoms with van der Waals surface area (Å²) in [6.45, 7) is 5.90. The number of hydrogen-bond donors (Lipinski definition) is 1. The molecule has 0 radical (unpaired) electrons. The number of anilines is 1. The summed E-state index contributed by atoms with van der Waals surface area (Å²) in [6.07, 6.45) is 1.19. The van der Waals surface area contributed by atoms with Crippen LogP contribution in [0.5, 0.6) is 11.5 Å². The summed E-state index contributed by atoms with van der Waals surface area (Å²) in [5.74, 6) is -0.153. The van der Waals surface area contributed by atoms with Gasteiger partial charge in [-0.25, -0.2) is 14.2 Å². The van der Waals surface area contributed by atoms with E-state index in [4.69, 9.17) is 14.2 Å². The molecule has 1 aromatic heterocycles. The first-order chi connectivity index (χ1) is 15.9. The Morgan fingerprint density at radius 3 is 2.45 bits per heavy atom. The molecular formula is C25H25FN2O5. The van der Waals surface area contributed by atoms with Crippen molar-refractivity contribution in [3.63, 3.8) is 0 Å². The SMILES string of the molecule is CCOC(=O)c1ccc(NC(=O)c2cc(OCc3ccc(F)cc3)ccc2OC(C)C)nc1. The largest absolute Gasteiger partial charge is 0.490 e. The summed E-state index contributed by atoms with van der Waals surface area (Å²) >= 11 is 0. The number of pyridine rings is 1. The lowest BCUT2D eigenvalue weighted by molar-refractivity contribution is 0.0526. The molecule has 3 aromatic rings. The molecular weight excluding hydrogens is 427 g/mol. The van der Waals surface area contributed by atoms with Gasteiger partial charge in [-0.15, -0.1) is 0 Å². The quantitative estimate of drug-likeness (QED) is 0.459. The number of ether oxygens (including phenoxy) is 3. The fourth-order valence-electron chi connectivity index (χ4n) is 2.87. The number of carbonyl (C=O) groups is 2. The summed E-state index contributed by atoms with van der Waals surface area (Å²) in [6, 6.07) is 13.9. The van der Waals surface area contributed by atoms with Crippen molar-refractivity contribution in [3.8, 4) is 11.5 Å². The topological polar surface area (TPSA) is 86.8 Å². The van der Waals surface area contributed by atoms with Crippen molar-refractivity contribution in [2.75, 3.05) is 11.9 Å². The Bertz CT molecular complexity index is 1100. The number of benzene rings is 2. The maximum atomic E-state index is 13.1. The van der Waals surface area contributed by atoms with Crippen molar-refractivity contribution in [2.45, 2.75) is 33.5 Å². The Morgan fingerprint density at radius 2 is 1.82 bits per heavy atom. The number of nitrogens with zero attached hydrogens (tertiary/aromatic N) is 1. The number of nitrogens with one attached hydrogen (secondary N) is 1. The van der Waals surface area contributed by atoms with Crippen LogP contribution in [0.2, 0.25) is 0 Å². The number of halogens is 1. The van der Waals surface area contributed by atoms with E-state index >= 15 is 0 Å². The lowest BCUT2D eigenvalue weighted by Crippen LogP contribution is -2.17. The Hall–Kier alpha value is -3.94. The predicted octanol–water partition coefficient (Wildman–Crippen LogP) is 5.02. The zero-order valence-corrected chi connectivity index (χ0v) is 18.6. The highest BCUT2D eigenvalue weighted by molar-refractivity contribution is 6.06. The highest BCUT2D eigenvalue weighted by atomic mass is 19.1. The van der Waals surface area contributed by atoms with Gasteiger partial charge in [-0.05, 0) is 68.8 Å². The molecule has 0 saturated carbocycles. The summed E-state index contributed by atoms with van der Waals surface area (Å²) in [7, 11) is 0. The van der Waals surface area contributed by atoms with Crippen LogP contribution in [0.4, 0.5) is 10.2 Å². The smallest absolute Gasteiger partial charge is 0.339 e. The molecule has 0 unspecified atom stereocenters. The first kappa shape index (κ1) is 23.7. The highest BCUT2D eigenvalue weighted by Gasteiger charge is 2.17. The van der Waals surface area contributed by atoms with Crippen LogP contribution in [0.1, 0.15) is 47.1 Å². The van der Waals surface area contributed by atoms with Crippen LogP contribution in [0.3, 0.4) is 0 Å². The van der Waals surface area contributed by atoms with E-state index in [0.717, 1.165) is 5.56 Å². The van der Waals surface area contributed by atoms with Gasteiger partial charge in [0.2, 0.25) is 0 Å². The summed E-state index contributed by atoms with van der Waals surface area (Å²) in [4.78, 5) is 28.9. The average Bonchev–Trinajstić information content (AvgIpc) is 2.79. The van der Waals surface area contributed by atoms with E-state index in [0.29, 0.717) is 11.5 Å². The van der Waals surface area contributed by atoms with E-state index in [1.165, 1.54) is 30.5 Å². The van der Waals surface area contributed by atoms with Gasteiger partial charge in [0.15, 0.2) is 0 Å². The third-order valence-electron chi connectivity index (χ3n) is 4.39. The maximum absolute atomic E-state index is 13.1. The Kier molecular flexibility index (Phi) is 7.96. The minimum absolute atomic E-state index is 0.149. The number of rotatable bonds is 9. The van der Waals surface area contributed by atoms with Gasteiger partial charge in [-0.2, -0.15) is 0 Å². The van der Waals surface area contributed by atoms with Crippen molar-refractivity contribution in [3.05, 3.63) is 83.3 Å². The molecule has 1 amide bonds. The Labute approximate surface area is 191 Å². The van der Waals surface area contributed by atoms with Crippen LogP contribution in [-0.2, 0) is 11.3 Å². The number of aromatic nitrogens is 1. The van der Waals surface area contributed by atoms with Crippen LogP contribution in [0, 0.1) is 5.82 Å². The second-order valence-corrected chi connectivity index (χ2v) is 7.35. The molecule has 1 N–H and O–H groups in total. The van der Waals surface area contributed by atoms with Gasteiger partial charge in [-0.1, -0.05) is 12.1 Å². The molecule has 0 saturated heterocycles. The van der Waals surface area contributed by atoms with Crippen molar-refractivity contribution in [1.29, 1.82) is 0 Å². The number of carbonyl (C=O) groups excluding carboxylic acids is 2. The molecule has 0 aliphatic heterocycles. The molecule has 7 nitrogen and oxygen atoms in total. The minimum Gasteiger partial charge on any atom is -0.490 e. The van der Waals surface area contributed by atoms with Gasteiger partial charge < -0.3 is 19.5 Å². The molecule has 33 heavy (non-hydrogen) atoms. The molecule has 2 aromatic carbocycles. The molecule has 0 spiro atoms. The molecule has 3 rings (SSSR count). The van der Waals surface area contributed by atoms with Crippen molar-refractivity contribution in [1.82, 2.24) is 4.98 Å². The second-order valence-electron chi connectivity index (χ2n) is 7.35.